The van der Waals surface area contributed by atoms with Gasteiger partial charge < -0.3 is 10.4 Å². The van der Waals surface area contributed by atoms with Gasteiger partial charge >= 0.3 is 5.97 Å². The second-order valence-electron chi connectivity index (χ2n) is 5.05. The third kappa shape index (κ3) is 2.74. The molecule has 0 amide bonds. The van der Waals surface area contributed by atoms with E-state index in [9.17, 15) is 9.90 Å². The molecule has 96 valence electrons. The normalized spacial score (nSPS) is 12.5. The number of carboxylic acid groups (broad SMARTS) is 1. The molecule has 2 N–H and O–H groups in total. The van der Waals surface area contributed by atoms with Crippen molar-refractivity contribution in [2.24, 2.45) is 5.41 Å². The second kappa shape index (κ2) is 4.60. The monoisotopic (exact) mass is 257 g/mol. The number of hydrogen-bond donors (Lipinski definition) is 2. The van der Waals surface area contributed by atoms with Crippen molar-refractivity contribution in [1.29, 1.82) is 0 Å². The zero-order valence-corrected chi connectivity index (χ0v) is 11.7. The maximum Gasteiger partial charge on any atom is 0.311 e. The summed E-state index contributed by atoms with van der Waals surface area (Å²) in [5, 5.41) is 13.1. The molecule has 0 unspecified atom stereocenters. The summed E-state index contributed by atoms with van der Waals surface area (Å²) >= 11 is 1.26. The molecule has 0 aliphatic rings. The molecule has 0 saturated carbocycles. The van der Waals surface area contributed by atoms with Crippen molar-refractivity contribution < 1.29 is 9.90 Å². The fourth-order valence-electron chi connectivity index (χ4n) is 1.14. The van der Waals surface area contributed by atoms with Gasteiger partial charge in [0.05, 0.1) is 5.41 Å². The van der Waals surface area contributed by atoms with E-state index in [0.29, 0.717) is 5.13 Å². The van der Waals surface area contributed by atoms with Gasteiger partial charge in [0.1, 0.15) is 5.82 Å². The number of aryl methyl sites for hydroxylation is 1. The van der Waals surface area contributed by atoms with E-state index in [4.69, 9.17) is 0 Å². The van der Waals surface area contributed by atoms with Gasteiger partial charge in [0, 0.05) is 23.5 Å². The molecular weight excluding hydrogens is 238 g/mol. The molecule has 5 nitrogen and oxygen atoms in total. The summed E-state index contributed by atoms with van der Waals surface area (Å²) in [6.07, 6.45) is 0.779. The lowest BCUT2D eigenvalue weighted by molar-refractivity contribution is -0.149. The van der Waals surface area contributed by atoms with E-state index in [1.54, 1.807) is 13.8 Å². The fraction of sp³-hybridized carbons (Fsp3) is 0.727. The molecule has 17 heavy (non-hydrogen) atoms. The number of nitrogens with zero attached hydrogens (tertiary/aromatic N) is 2. The van der Waals surface area contributed by atoms with Gasteiger partial charge in [-0.2, -0.15) is 4.37 Å². The Balaban J connectivity index is 2.89. The van der Waals surface area contributed by atoms with Crippen molar-refractivity contribution in [1.82, 2.24) is 9.36 Å². The van der Waals surface area contributed by atoms with Gasteiger partial charge in [-0.3, -0.25) is 4.79 Å². The van der Waals surface area contributed by atoms with E-state index in [2.05, 4.69) is 14.7 Å². The van der Waals surface area contributed by atoms with Gasteiger partial charge in [0.2, 0.25) is 5.13 Å². The Morgan fingerprint density at radius 2 is 2.00 bits per heavy atom. The molecule has 0 aromatic carbocycles. The van der Waals surface area contributed by atoms with Crippen LogP contribution in [0, 0.1) is 5.41 Å². The first kappa shape index (κ1) is 13.9. The molecule has 0 aliphatic carbocycles. The van der Waals surface area contributed by atoms with Gasteiger partial charge in [-0.1, -0.05) is 6.92 Å². The number of anilines is 1. The summed E-state index contributed by atoms with van der Waals surface area (Å²) in [5.41, 5.74) is -1.51. The fourth-order valence-corrected chi connectivity index (χ4v) is 1.95. The predicted molar refractivity (Wildman–Crippen MR) is 68.4 cm³/mol. The number of rotatable bonds is 5. The molecule has 0 saturated heterocycles. The summed E-state index contributed by atoms with van der Waals surface area (Å²) in [7, 11) is 0. The first-order chi connectivity index (χ1) is 7.70. The van der Waals surface area contributed by atoms with E-state index in [1.165, 1.54) is 11.5 Å². The molecule has 0 atom stereocenters. The summed E-state index contributed by atoms with van der Waals surface area (Å²) in [6.45, 7) is 9.09. The van der Waals surface area contributed by atoms with Crippen LogP contribution in [-0.2, 0) is 11.2 Å². The molecule has 1 aromatic heterocycles. The first-order valence-electron chi connectivity index (χ1n) is 5.55. The predicted octanol–water partition coefficient (Wildman–Crippen LogP) is 2.40. The Labute approximate surface area is 105 Å². The second-order valence-corrected chi connectivity index (χ2v) is 5.80. The van der Waals surface area contributed by atoms with E-state index in [-0.39, 0.29) is 0 Å². The van der Waals surface area contributed by atoms with Crippen molar-refractivity contribution in [3.05, 3.63) is 5.82 Å². The average molecular weight is 257 g/mol. The van der Waals surface area contributed by atoms with Crippen LogP contribution >= 0.6 is 11.5 Å². The SMILES string of the molecule is CCc1nsc(NC(C)(C)C(C)(C)C(=O)O)n1. The third-order valence-electron chi connectivity index (χ3n) is 3.30. The topological polar surface area (TPSA) is 75.1 Å². The Morgan fingerprint density at radius 3 is 2.41 bits per heavy atom. The van der Waals surface area contributed by atoms with Gasteiger partial charge in [-0.25, -0.2) is 4.98 Å². The Morgan fingerprint density at radius 1 is 1.41 bits per heavy atom. The maximum atomic E-state index is 11.2. The molecule has 0 fully saturated rings. The minimum absolute atomic E-state index is 0.608. The van der Waals surface area contributed by atoms with Crippen molar-refractivity contribution in [3.63, 3.8) is 0 Å². The van der Waals surface area contributed by atoms with Gasteiger partial charge in [0.25, 0.3) is 0 Å². The minimum Gasteiger partial charge on any atom is -0.481 e. The van der Waals surface area contributed by atoms with Crippen LogP contribution in [0.1, 0.15) is 40.4 Å². The zero-order chi connectivity index (χ0) is 13.3. The number of carbonyl (C=O) groups is 1. The largest absolute Gasteiger partial charge is 0.481 e. The number of carboxylic acids is 1. The van der Waals surface area contributed by atoms with E-state index in [0.717, 1.165) is 12.2 Å². The van der Waals surface area contributed by atoms with Crippen LogP contribution in [0.5, 0.6) is 0 Å². The average Bonchev–Trinajstić information content (AvgIpc) is 2.64. The van der Waals surface area contributed by atoms with E-state index < -0.39 is 16.9 Å². The smallest absolute Gasteiger partial charge is 0.311 e. The lowest BCUT2D eigenvalue weighted by Crippen LogP contribution is -2.50. The summed E-state index contributed by atoms with van der Waals surface area (Å²) in [6, 6.07) is 0. The highest BCUT2D eigenvalue weighted by Crippen LogP contribution is 2.34. The molecule has 0 aliphatic heterocycles. The number of hydrogen-bond acceptors (Lipinski definition) is 5. The molecule has 1 heterocycles. The van der Waals surface area contributed by atoms with Crippen LogP contribution < -0.4 is 5.32 Å². The molecule has 1 aromatic rings. The quantitative estimate of drug-likeness (QED) is 0.847. The Hall–Kier alpha value is -1.17. The number of aliphatic carboxylic acids is 1. The molecule has 0 radical (unpaired) electrons. The van der Waals surface area contributed by atoms with Crippen LogP contribution in [0.15, 0.2) is 0 Å². The van der Waals surface area contributed by atoms with Crippen molar-refractivity contribution in [2.75, 3.05) is 5.32 Å². The lowest BCUT2D eigenvalue weighted by atomic mass is 9.74. The van der Waals surface area contributed by atoms with Gasteiger partial charge in [0.15, 0.2) is 0 Å². The van der Waals surface area contributed by atoms with Crippen molar-refractivity contribution in [3.8, 4) is 0 Å². The lowest BCUT2D eigenvalue weighted by Gasteiger charge is -2.38. The minimum atomic E-state index is -0.898. The van der Waals surface area contributed by atoms with Crippen LogP contribution in [0.2, 0.25) is 0 Å². The van der Waals surface area contributed by atoms with Gasteiger partial charge in [-0.05, 0) is 27.7 Å². The van der Waals surface area contributed by atoms with Crippen molar-refractivity contribution in [2.45, 2.75) is 46.6 Å². The molecule has 6 heteroatoms. The number of aromatic nitrogens is 2. The van der Waals surface area contributed by atoms with E-state index >= 15 is 0 Å². The highest BCUT2D eigenvalue weighted by Gasteiger charge is 2.44. The standard InChI is InChI=1S/C11H19N3O2S/c1-6-7-12-9(17-14-7)13-11(4,5)10(2,3)8(15)16/h6H2,1-5H3,(H,15,16)(H,12,13,14). The first-order valence-corrected chi connectivity index (χ1v) is 6.32. The molecule has 0 spiro atoms. The number of nitrogens with one attached hydrogen (secondary N) is 1. The summed E-state index contributed by atoms with van der Waals surface area (Å²) in [5.74, 6) is -0.0586. The Kier molecular flexibility index (Phi) is 3.76. The van der Waals surface area contributed by atoms with Gasteiger partial charge in [-0.15, -0.1) is 0 Å². The van der Waals surface area contributed by atoms with Crippen LogP contribution in [-0.4, -0.2) is 26.0 Å². The van der Waals surface area contributed by atoms with Crippen molar-refractivity contribution >= 4 is 22.6 Å². The molecular formula is C11H19N3O2S. The zero-order valence-electron chi connectivity index (χ0n) is 10.9. The Bertz CT molecular complexity index is 413. The van der Waals surface area contributed by atoms with Crippen LogP contribution in [0.4, 0.5) is 5.13 Å². The maximum absolute atomic E-state index is 11.2. The van der Waals surface area contributed by atoms with Crippen LogP contribution in [0.3, 0.4) is 0 Å². The van der Waals surface area contributed by atoms with E-state index in [1.807, 2.05) is 20.8 Å². The highest BCUT2D eigenvalue weighted by molar-refractivity contribution is 7.09. The summed E-state index contributed by atoms with van der Waals surface area (Å²) in [4.78, 5) is 15.5. The summed E-state index contributed by atoms with van der Waals surface area (Å²) < 4.78 is 4.17. The third-order valence-corrected chi connectivity index (χ3v) is 3.97. The van der Waals surface area contributed by atoms with Crippen LogP contribution in [0.25, 0.3) is 0 Å². The molecule has 0 bridgehead atoms. The highest BCUT2D eigenvalue weighted by atomic mass is 32.1. The molecule has 1 rings (SSSR count).